The van der Waals surface area contributed by atoms with E-state index in [1.165, 1.54) is 6.26 Å². The van der Waals surface area contributed by atoms with E-state index in [0.717, 1.165) is 18.4 Å². The molecule has 3 bridgehead atoms. The maximum Gasteiger partial charge on any atom is 0.243 e. The van der Waals surface area contributed by atoms with Gasteiger partial charge in [0.25, 0.3) is 0 Å². The third kappa shape index (κ3) is 6.49. The highest BCUT2D eigenvalue weighted by atomic mass is 16.7. The van der Waals surface area contributed by atoms with Crippen LogP contribution in [0.5, 0.6) is 5.75 Å². The summed E-state index contributed by atoms with van der Waals surface area (Å²) < 4.78 is 25.0. The van der Waals surface area contributed by atoms with Gasteiger partial charge in [-0.25, -0.2) is 0 Å². The summed E-state index contributed by atoms with van der Waals surface area (Å²) >= 11 is 0. The first kappa shape index (κ1) is 30.9. The van der Waals surface area contributed by atoms with Gasteiger partial charge in [-0.05, 0) is 74.1 Å². The monoisotopic (exact) mass is 584 g/mol. The van der Waals surface area contributed by atoms with E-state index >= 15 is 0 Å². The Hall–Kier alpha value is -2.58. The molecule has 5 N–H and O–H groups in total. The minimum Gasteiger partial charge on any atom is -0.486 e. The van der Waals surface area contributed by atoms with Crippen LogP contribution in [0.1, 0.15) is 63.4 Å². The van der Waals surface area contributed by atoms with E-state index in [2.05, 4.69) is 18.6 Å². The molecule has 1 spiro atoms. The lowest BCUT2D eigenvalue weighted by atomic mass is 9.70. The summed E-state index contributed by atoms with van der Waals surface area (Å²) in [6.45, 7) is 3.69. The van der Waals surface area contributed by atoms with Crippen molar-refractivity contribution in [1.82, 2.24) is 0 Å². The molecule has 0 aromatic heterocycles. The SMILES string of the molecule is C=CCc1ccc(OC2OC3C(CCCO)OC#CCC(O)C4CC2(OC=CC4CC2(O)CCCC2)C(O)C3O)cc1. The molecule has 9 unspecified atom stereocenters. The number of benzene rings is 1. The molecule has 1 aromatic carbocycles. The van der Waals surface area contributed by atoms with Crippen molar-refractivity contribution >= 4 is 0 Å². The van der Waals surface area contributed by atoms with Crippen LogP contribution >= 0.6 is 0 Å². The summed E-state index contributed by atoms with van der Waals surface area (Å²) in [6, 6.07) is 7.42. The Morgan fingerprint density at radius 3 is 2.60 bits per heavy atom. The second-order valence-electron chi connectivity index (χ2n) is 12.3. The zero-order valence-corrected chi connectivity index (χ0v) is 24.0. The van der Waals surface area contributed by atoms with Crippen LogP contribution in [0.25, 0.3) is 0 Å². The van der Waals surface area contributed by atoms with Gasteiger partial charge in [0, 0.05) is 19.4 Å². The van der Waals surface area contributed by atoms with E-state index in [1.807, 2.05) is 24.3 Å². The predicted octanol–water partition coefficient (Wildman–Crippen LogP) is 2.72. The van der Waals surface area contributed by atoms with Crippen LogP contribution in [0.4, 0.5) is 0 Å². The van der Waals surface area contributed by atoms with Gasteiger partial charge in [0.15, 0.2) is 5.60 Å². The topological polar surface area (TPSA) is 138 Å². The van der Waals surface area contributed by atoms with Crippen LogP contribution in [0.15, 0.2) is 49.3 Å². The summed E-state index contributed by atoms with van der Waals surface area (Å²) in [5.74, 6) is 2.59. The highest BCUT2D eigenvalue weighted by Gasteiger charge is 2.62. The molecule has 6 rings (SSSR count). The molecule has 4 heterocycles. The van der Waals surface area contributed by atoms with Gasteiger partial charge in [-0.3, -0.25) is 0 Å². The van der Waals surface area contributed by atoms with Crippen LogP contribution in [-0.2, 0) is 20.6 Å². The zero-order chi connectivity index (χ0) is 29.7. The molecule has 42 heavy (non-hydrogen) atoms. The largest absolute Gasteiger partial charge is 0.486 e. The molecular formula is C33H44O9. The van der Waals surface area contributed by atoms with E-state index in [4.69, 9.17) is 18.9 Å². The highest BCUT2D eigenvalue weighted by molar-refractivity contribution is 5.29. The van der Waals surface area contributed by atoms with Gasteiger partial charge in [0.05, 0.1) is 18.0 Å². The molecule has 9 atom stereocenters. The number of hydrogen-bond acceptors (Lipinski definition) is 9. The molecular weight excluding hydrogens is 540 g/mol. The van der Waals surface area contributed by atoms with E-state index in [1.54, 1.807) is 12.1 Å². The Balaban J connectivity index is 1.54. The fourth-order valence-electron chi connectivity index (χ4n) is 7.01. The van der Waals surface area contributed by atoms with Gasteiger partial charge in [-0.2, -0.15) is 0 Å². The number of aliphatic hydroxyl groups excluding tert-OH is 4. The molecule has 9 heteroatoms. The van der Waals surface area contributed by atoms with Crippen molar-refractivity contribution in [1.29, 1.82) is 0 Å². The normalized spacial score (nSPS) is 37.2. The van der Waals surface area contributed by atoms with Crippen LogP contribution in [0.2, 0.25) is 0 Å². The molecule has 0 amide bonds. The highest BCUT2D eigenvalue weighted by Crippen LogP contribution is 2.47. The number of fused-ring (bicyclic) bond motifs is 6. The molecule has 4 aliphatic heterocycles. The number of aliphatic hydroxyl groups is 5. The van der Waals surface area contributed by atoms with Crippen LogP contribution in [0, 0.1) is 23.9 Å². The maximum atomic E-state index is 11.8. The summed E-state index contributed by atoms with van der Waals surface area (Å²) in [5, 5.41) is 55.6. The van der Waals surface area contributed by atoms with Crippen molar-refractivity contribution in [3.05, 3.63) is 54.8 Å². The molecule has 0 radical (unpaired) electrons. The molecule has 5 aliphatic rings. The van der Waals surface area contributed by atoms with Crippen molar-refractivity contribution in [3.8, 4) is 17.8 Å². The van der Waals surface area contributed by atoms with Gasteiger partial charge >= 0.3 is 0 Å². The first-order chi connectivity index (χ1) is 20.3. The summed E-state index contributed by atoms with van der Waals surface area (Å²) in [4.78, 5) is 0. The second-order valence-corrected chi connectivity index (χ2v) is 12.3. The lowest BCUT2D eigenvalue weighted by molar-refractivity contribution is -0.333. The minimum absolute atomic E-state index is 0.0793. The Labute approximate surface area is 247 Å². The molecule has 1 saturated heterocycles. The van der Waals surface area contributed by atoms with Crippen molar-refractivity contribution in [2.75, 3.05) is 6.61 Å². The summed E-state index contributed by atoms with van der Waals surface area (Å²) in [6.07, 6.45) is 6.16. The number of allylic oxidation sites excluding steroid dienone is 2. The van der Waals surface area contributed by atoms with Crippen molar-refractivity contribution in [2.45, 2.75) is 112 Å². The van der Waals surface area contributed by atoms with Crippen molar-refractivity contribution in [2.24, 2.45) is 11.8 Å². The predicted molar refractivity (Wildman–Crippen MR) is 154 cm³/mol. The molecule has 1 saturated carbocycles. The van der Waals surface area contributed by atoms with Crippen molar-refractivity contribution in [3.63, 3.8) is 0 Å². The van der Waals surface area contributed by atoms with Gasteiger partial charge in [0.1, 0.15) is 36.3 Å². The van der Waals surface area contributed by atoms with Crippen LogP contribution in [0.3, 0.4) is 0 Å². The van der Waals surface area contributed by atoms with Gasteiger partial charge < -0.3 is 44.5 Å². The Bertz CT molecular complexity index is 1130. The zero-order valence-electron chi connectivity index (χ0n) is 24.0. The quantitative estimate of drug-likeness (QED) is 0.219. The van der Waals surface area contributed by atoms with E-state index in [9.17, 15) is 25.5 Å². The lowest BCUT2D eigenvalue weighted by Crippen LogP contribution is -2.70. The number of hydrogen-bond donors (Lipinski definition) is 5. The number of rotatable bonds is 9. The van der Waals surface area contributed by atoms with Gasteiger partial charge in [0.2, 0.25) is 6.29 Å². The first-order valence-electron chi connectivity index (χ1n) is 15.2. The van der Waals surface area contributed by atoms with E-state index in [0.29, 0.717) is 44.3 Å². The fourth-order valence-corrected chi connectivity index (χ4v) is 7.01. The Morgan fingerprint density at radius 2 is 1.88 bits per heavy atom. The van der Waals surface area contributed by atoms with E-state index in [-0.39, 0.29) is 25.4 Å². The molecule has 9 nitrogen and oxygen atoms in total. The fraction of sp³-hybridized carbons (Fsp3) is 0.636. The molecule has 1 aromatic rings. The molecule has 230 valence electrons. The maximum absolute atomic E-state index is 11.8. The average Bonchev–Trinajstić information content (AvgIpc) is 3.32. The number of ether oxygens (including phenoxy) is 4. The lowest BCUT2D eigenvalue weighted by Gasteiger charge is -2.52. The van der Waals surface area contributed by atoms with Gasteiger partial charge in [-0.15, -0.1) is 6.58 Å². The standard InChI is InChI=1S/C33H44O9/c1-2-7-22-10-12-24(13-11-22)41-31-33-21-25(23(14-19-40-33)20-32(38)15-3-4-16-32)26(35)8-6-18-39-27(9-5-17-34)29(42-31)28(36)30(33)37/h2,10-14,19,23,25-31,34-38H,1,3-5,7-9,15-17,20-21H2. The second kappa shape index (κ2) is 13.4. The Morgan fingerprint density at radius 1 is 1.12 bits per heavy atom. The minimum atomic E-state index is -1.60. The summed E-state index contributed by atoms with van der Waals surface area (Å²) in [7, 11) is 0. The van der Waals surface area contributed by atoms with Crippen LogP contribution in [-0.4, -0.2) is 80.2 Å². The third-order valence-corrected chi connectivity index (χ3v) is 9.36. The first-order valence-corrected chi connectivity index (χ1v) is 15.2. The third-order valence-electron chi connectivity index (χ3n) is 9.36. The van der Waals surface area contributed by atoms with Crippen LogP contribution < -0.4 is 4.74 Å². The molecule has 1 aliphatic carbocycles. The molecule has 2 fully saturated rings. The van der Waals surface area contributed by atoms with E-state index < -0.39 is 53.9 Å². The Kier molecular flexibility index (Phi) is 9.83. The van der Waals surface area contributed by atoms with Gasteiger partial charge in [-0.1, -0.05) is 37.0 Å². The van der Waals surface area contributed by atoms with Crippen molar-refractivity contribution < 1.29 is 44.5 Å². The average molecular weight is 585 g/mol. The summed E-state index contributed by atoms with van der Waals surface area (Å²) in [5.41, 5.74) is -1.40. The smallest absolute Gasteiger partial charge is 0.243 e.